The minimum absolute atomic E-state index is 0.100. The lowest BCUT2D eigenvalue weighted by Crippen LogP contribution is -2.42. The third-order valence-electron chi connectivity index (χ3n) is 8.41. The molecule has 4 aliphatic carbocycles. The highest BCUT2D eigenvalue weighted by molar-refractivity contribution is 5.86. The van der Waals surface area contributed by atoms with Crippen LogP contribution in [-0.4, -0.2) is 31.2 Å². The van der Waals surface area contributed by atoms with Gasteiger partial charge in [-0.1, -0.05) is 12.5 Å². The smallest absolute Gasteiger partial charge is 0.137 e. The molecule has 1 aromatic rings. The molecule has 1 saturated carbocycles. The quantitative estimate of drug-likeness (QED) is 0.756. The molecule has 0 spiro atoms. The Morgan fingerprint density at radius 3 is 2.63 bits per heavy atom. The summed E-state index contributed by atoms with van der Waals surface area (Å²) < 4.78 is 11.2. The van der Waals surface area contributed by atoms with Crippen LogP contribution in [0.4, 0.5) is 0 Å². The van der Waals surface area contributed by atoms with Crippen LogP contribution in [0.25, 0.3) is 5.57 Å². The molecule has 4 nitrogen and oxygen atoms in total. The normalized spacial score (nSPS) is 33.2. The van der Waals surface area contributed by atoms with E-state index in [1.165, 1.54) is 22.3 Å². The number of allylic oxidation sites excluding steroid dienone is 4. The molecule has 0 aromatic heterocycles. The minimum Gasteiger partial charge on any atom is -0.497 e. The zero-order chi connectivity index (χ0) is 21.0. The van der Waals surface area contributed by atoms with Crippen LogP contribution in [0.2, 0.25) is 0 Å². The SMILES string of the molecule is COc1ccc(C2=C3C4=C(CC[C@H]3[C@@H]3CC[C@H](O)[C@@]3(C)C2)CC(=O)CC4)c(OC)c1. The predicted octanol–water partition coefficient (Wildman–Crippen LogP) is 5.10. The maximum Gasteiger partial charge on any atom is 0.137 e. The van der Waals surface area contributed by atoms with E-state index in [0.717, 1.165) is 55.6 Å². The second kappa shape index (κ2) is 7.26. The summed E-state index contributed by atoms with van der Waals surface area (Å²) in [6.07, 6.45) is 6.87. The highest BCUT2D eigenvalue weighted by atomic mass is 16.5. The fraction of sp³-hybridized carbons (Fsp3) is 0.577. The van der Waals surface area contributed by atoms with Gasteiger partial charge in [0, 0.05) is 29.9 Å². The lowest BCUT2D eigenvalue weighted by molar-refractivity contribution is -0.118. The van der Waals surface area contributed by atoms with Gasteiger partial charge < -0.3 is 14.6 Å². The summed E-state index contributed by atoms with van der Waals surface area (Å²) >= 11 is 0. The van der Waals surface area contributed by atoms with Gasteiger partial charge in [0.15, 0.2) is 0 Å². The van der Waals surface area contributed by atoms with E-state index in [-0.39, 0.29) is 11.5 Å². The van der Waals surface area contributed by atoms with E-state index >= 15 is 0 Å². The number of aliphatic hydroxyl groups is 1. The summed E-state index contributed by atoms with van der Waals surface area (Å²) in [7, 11) is 3.38. The van der Waals surface area contributed by atoms with Crippen molar-refractivity contribution >= 4 is 11.4 Å². The maximum atomic E-state index is 12.2. The number of carbonyl (C=O) groups excluding carboxylic acids is 1. The number of hydrogen-bond acceptors (Lipinski definition) is 4. The van der Waals surface area contributed by atoms with E-state index in [4.69, 9.17) is 9.47 Å². The molecule has 4 atom stereocenters. The van der Waals surface area contributed by atoms with Crippen molar-refractivity contribution in [3.8, 4) is 11.5 Å². The van der Waals surface area contributed by atoms with Crippen LogP contribution >= 0.6 is 0 Å². The molecular formula is C26H32O4. The van der Waals surface area contributed by atoms with Gasteiger partial charge in [-0.05, 0) is 79.2 Å². The number of ether oxygens (including phenoxy) is 2. The number of rotatable bonds is 3. The van der Waals surface area contributed by atoms with E-state index in [1.54, 1.807) is 14.2 Å². The first-order valence-corrected chi connectivity index (χ1v) is 11.3. The second-order valence-corrected chi connectivity index (χ2v) is 9.78. The van der Waals surface area contributed by atoms with Crippen molar-refractivity contribution < 1.29 is 19.4 Å². The molecule has 0 aliphatic heterocycles. The topological polar surface area (TPSA) is 55.8 Å². The molecule has 0 bridgehead atoms. The Bertz CT molecular complexity index is 956. The Balaban J connectivity index is 1.73. The van der Waals surface area contributed by atoms with Gasteiger partial charge >= 0.3 is 0 Å². The fourth-order valence-corrected chi connectivity index (χ4v) is 6.86. The van der Waals surface area contributed by atoms with Crippen LogP contribution in [0.5, 0.6) is 11.5 Å². The van der Waals surface area contributed by atoms with E-state index < -0.39 is 0 Å². The van der Waals surface area contributed by atoms with Crippen LogP contribution in [0.15, 0.2) is 34.9 Å². The van der Waals surface area contributed by atoms with Gasteiger partial charge in [0.05, 0.1) is 20.3 Å². The summed E-state index contributed by atoms with van der Waals surface area (Å²) in [5.74, 6) is 2.97. The van der Waals surface area contributed by atoms with Crippen LogP contribution in [0, 0.1) is 17.3 Å². The zero-order valence-corrected chi connectivity index (χ0v) is 18.3. The van der Waals surface area contributed by atoms with Crippen LogP contribution < -0.4 is 9.47 Å². The van der Waals surface area contributed by atoms with E-state index in [2.05, 4.69) is 13.0 Å². The number of carbonyl (C=O) groups is 1. The Labute approximate surface area is 179 Å². The molecular weight excluding hydrogens is 376 g/mol. The van der Waals surface area contributed by atoms with Crippen molar-refractivity contribution in [3.05, 3.63) is 40.5 Å². The number of methoxy groups -OCH3 is 2. The summed E-state index contributed by atoms with van der Waals surface area (Å²) in [6.45, 7) is 2.29. The molecule has 160 valence electrons. The third-order valence-corrected chi connectivity index (χ3v) is 8.41. The Kier molecular flexibility index (Phi) is 4.81. The molecule has 0 saturated heterocycles. The van der Waals surface area contributed by atoms with Crippen molar-refractivity contribution in [1.82, 2.24) is 0 Å². The molecule has 4 heteroatoms. The number of aliphatic hydroxyl groups excluding tert-OH is 1. The van der Waals surface area contributed by atoms with Gasteiger partial charge in [-0.15, -0.1) is 0 Å². The summed E-state index contributed by atoms with van der Waals surface area (Å²) in [5, 5.41) is 11.0. The molecule has 4 aliphatic rings. The molecule has 1 N–H and O–H groups in total. The molecule has 1 fully saturated rings. The van der Waals surface area contributed by atoms with Gasteiger partial charge in [-0.2, -0.15) is 0 Å². The number of benzene rings is 1. The van der Waals surface area contributed by atoms with Crippen molar-refractivity contribution in [2.75, 3.05) is 14.2 Å². The second-order valence-electron chi connectivity index (χ2n) is 9.78. The standard InChI is InChI=1S/C26H32O4/c1-26-14-21(19-9-6-17(29-2)13-23(19)30-3)25-18-8-5-16(27)12-15(18)4-7-20(25)22(26)10-11-24(26)28/h6,9,13,20,22,24,28H,4-5,7-8,10-12,14H2,1-3H3/t20-,22-,24-,26-/m0/s1. The van der Waals surface area contributed by atoms with Crippen molar-refractivity contribution in [3.63, 3.8) is 0 Å². The first-order chi connectivity index (χ1) is 14.5. The lowest BCUT2D eigenvalue weighted by atomic mass is 9.56. The third kappa shape index (κ3) is 2.87. The van der Waals surface area contributed by atoms with Crippen LogP contribution in [0.3, 0.4) is 0 Å². The molecule has 0 heterocycles. The highest BCUT2D eigenvalue weighted by Crippen LogP contribution is 2.62. The number of Topliss-reactive ketones (excluding diaryl/α,β-unsaturated/α-hetero) is 1. The zero-order valence-electron chi connectivity index (χ0n) is 18.3. The first kappa shape index (κ1) is 19.9. The summed E-state index contributed by atoms with van der Waals surface area (Å²) in [4.78, 5) is 12.2. The summed E-state index contributed by atoms with van der Waals surface area (Å²) in [5.41, 5.74) is 6.62. The van der Waals surface area contributed by atoms with Gasteiger partial charge in [-0.25, -0.2) is 0 Å². The lowest BCUT2D eigenvalue weighted by Gasteiger charge is -2.49. The van der Waals surface area contributed by atoms with E-state index in [1.807, 2.05) is 12.1 Å². The van der Waals surface area contributed by atoms with Crippen LogP contribution in [0.1, 0.15) is 63.9 Å². The maximum absolute atomic E-state index is 12.2. The molecule has 0 unspecified atom stereocenters. The number of ketones is 1. The van der Waals surface area contributed by atoms with Crippen molar-refractivity contribution in [1.29, 1.82) is 0 Å². The van der Waals surface area contributed by atoms with E-state index in [0.29, 0.717) is 30.5 Å². The Morgan fingerprint density at radius 1 is 1.03 bits per heavy atom. The highest BCUT2D eigenvalue weighted by Gasteiger charge is 2.54. The van der Waals surface area contributed by atoms with Crippen molar-refractivity contribution in [2.45, 2.75) is 64.4 Å². The minimum atomic E-state index is -0.258. The monoisotopic (exact) mass is 408 g/mol. The van der Waals surface area contributed by atoms with Gasteiger partial charge in [0.1, 0.15) is 17.3 Å². The van der Waals surface area contributed by atoms with Gasteiger partial charge in [0.2, 0.25) is 0 Å². The first-order valence-electron chi connectivity index (χ1n) is 11.3. The number of hydrogen-bond donors (Lipinski definition) is 1. The van der Waals surface area contributed by atoms with Gasteiger partial charge in [0.25, 0.3) is 0 Å². The average molecular weight is 409 g/mol. The molecule has 30 heavy (non-hydrogen) atoms. The molecule has 0 radical (unpaired) electrons. The predicted molar refractivity (Wildman–Crippen MR) is 117 cm³/mol. The average Bonchev–Trinajstić information content (AvgIpc) is 3.06. The fourth-order valence-electron chi connectivity index (χ4n) is 6.86. The van der Waals surface area contributed by atoms with Crippen LogP contribution in [-0.2, 0) is 4.79 Å². The van der Waals surface area contributed by atoms with Gasteiger partial charge in [-0.3, -0.25) is 4.79 Å². The Morgan fingerprint density at radius 2 is 1.87 bits per heavy atom. The largest absolute Gasteiger partial charge is 0.497 e. The molecule has 0 amide bonds. The van der Waals surface area contributed by atoms with Crippen molar-refractivity contribution in [2.24, 2.45) is 17.3 Å². The number of fused-ring (bicyclic) bond motifs is 4. The Hall–Kier alpha value is -2.07. The van der Waals surface area contributed by atoms with E-state index in [9.17, 15) is 9.90 Å². The molecule has 1 aromatic carbocycles. The molecule has 5 rings (SSSR count). The summed E-state index contributed by atoms with van der Waals surface area (Å²) in [6, 6.07) is 6.08.